The molecule has 3 rings (SSSR count). The molecule has 1 aromatic carbocycles. The molecular weight excluding hydrogens is 312 g/mol. The Morgan fingerprint density at radius 2 is 1.88 bits per heavy atom. The third-order valence-corrected chi connectivity index (χ3v) is 5.65. The van der Waals surface area contributed by atoms with Crippen LogP contribution in [-0.2, 0) is 22.4 Å². The molecule has 1 aliphatic carbocycles. The fraction of sp³-hybridized carbons (Fsp3) is 0.619. The predicted molar refractivity (Wildman–Crippen MR) is 99.2 cm³/mol. The molecule has 2 amide bonds. The van der Waals surface area contributed by atoms with Crippen molar-refractivity contribution in [1.29, 1.82) is 0 Å². The Morgan fingerprint density at radius 3 is 2.48 bits per heavy atom. The van der Waals surface area contributed by atoms with Crippen LogP contribution in [0.4, 0.5) is 0 Å². The number of rotatable bonds is 5. The van der Waals surface area contributed by atoms with E-state index in [1.165, 1.54) is 11.1 Å². The van der Waals surface area contributed by atoms with E-state index < -0.39 is 0 Å². The van der Waals surface area contributed by atoms with Gasteiger partial charge in [0.2, 0.25) is 11.8 Å². The van der Waals surface area contributed by atoms with Crippen LogP contribution < -0.4 is 5.32 Å². The molecule has 1 fully saturated rings. The Balaban J connectivity index is 1.55. The van der Waals surface area contributed by atoms with E-state index in [1.54, 1.807) is 4.90 Å². The minimum absolute atomic E-state index is 0.0716. The minimum atomic E-state index is -0.220. The summed E-state index contributed by atoms with van der Waals surface area (Å²) < 4.78 is 0. The van der Waals surface area contributed by atoms with Crippen LogP contribution in [0.2, 0.25) is 0 Å². The average Bonchev–Trinajstić information content (AvgIpc) is 2.95. The van der Waals surface area contributed by atoms with E-state index in [0.29, 0.717) is 31.8 Å². The first-order valence-electron chi connectivity index (χ1n) is 9.54. The molecule has 0 aromatic heterocycles. The van der Waals surface area contributed by atoms with Crippen molar-refractivity contribution in [3.05, 3.63) is 35.4 Å². The lowest BCUT2D eigenvalue weighted by atomic mass is 9.87. The Hall–Kier alpha value is -1.84. The van der Waals surface area contributed by atoms with Gasteiger partial charge in [-0.2, -0.15) is 0 Å². The van der Waals surface area contributed by atoms with Gasteiger partial charge in [-0.25, -0.2) is 0 Å². The van der Waals surface area contributed by atoms with Crippen molar-refractivity contribution in [3.8, 4) is 0 Å². The normalized spacial score (nSPS) is 21.3. The Bertz CT molecular complexity index is 628. The van der Waals surface area contributed by atoms with Gasteiger partial charge in [0.1, 0.15) is 0 Å². The van der Waals surface area contributed by atoms with Gasteiger partial charge >= 0.3 is 0 Å². The average molecular weight is 342 g/mol. The number of likely N-dealkylation sites (tertiary alicyclic amines) is 1. The molecule has 0 saturated carbocycles. The molecule has 4 heteroatoms. The van der Waals surface area contributed by atoms with Crippen molar-refractivity contribution in [2.24, 2.45) is 11.8 Å². The van der Waals surface area contributed by atoms with E-state index >= 15 is 0 Å². The fourth-order valence-corrected chi connectivity index (χ4v) is 4.44. The molecular formula is C21H30N2O2. The predicted octanol–water partition coefficient (Wildman–Crippen LogP) is 2.94. The highest BCUT2D eigenvalue weighted by Gasteiger charge is 2.34. The highest BCUT2D eigenvalue weighted by atomic mass is 16.2. The summed E-state index contributed by atoms with van der Waals surface area (Å²) in [6.45, 7) is 7.47. The summed E-state index contributed by atoms with van der Waals surface area (Å²) in [5.41, 5.74) is 2.69. The number of nitrogens with one attached hydrogen (secondary N) is 1. The maximum absolute atomic E-state index is 12.7. The Morgan fingerprint density at radius 1 is 1.24 bits per heavy atom. The topological polar surface area (TPSA) is 49.4 Å². The van der Waals surface area contributed by atoms with Gasteiger partial charge < -0.3 is 10.2 Å². The van der Waals surface area contributed by atoms with E-state index in [2.05, 4.69) is 43.4 Å². The number of hydrogen-bond donors (Lipinski definition) is 1. The Kier molecular flexibility index (Phi) is 5.16. The summed E-state index contributed by atoms with van der Waals surface area (Å²) in [5.74, 6) is 0.798. The van der Waals surface area contributed by atoms with Crippen LogP contribution in [0.3, 0.4) is 0 Å². The van der Waals surface area contributed by atoms with Crippen molar-refractivity contribution >= 4 is 11.8 Å². The molecule has 1 aliphatic heterocycles. The highest BCUT2D eigenvalue weighted by Crippen LogP contribution is 2.32. The second-order valence-electron chi connectivity index (χ2n) is 8.29. The van der Waals surface area contributed by atoms with Crippen LogP contribution in [0, 0.1) is 11.8 Å². The standard InChI is InChI=1S/C21H30N2O2/c1-4-23-14-18(9-10-19(23)24)20(25)22-21(2,3)13-15-11-16-7-5-6-8-17(16)12-15/h5-8,15,18H,4,9-14H2,1-3H3,(H,22,25)/t18-/m1/s1. The van der Waals surface area contributed by atoms with Gasteiger partial charge in [0.05, 0.1) is 5.92 Å². The van der Waals surface area contributed by atoms with Gasteiger partial charge in [0.15, 0.2) is 0 Å². The fourth-order valence-electron chi connectivity index (χ4n) is 4.44. The van der Waals surface area contributed by atoms with E-state index in [-0.39, 0.29) is 23.3 Å². The second kappa shape index (κ2) is 7.19. The molecule has 1 atom stereocenters. The van der Waals surface area contributed by atoms with Crippen molar-refractivity contribution < 1.29 is 9.59 Å². The van der Waals surface area contributed by atoms with Crippen LogP contribution in [-0.4, -0.2) is 35.3 Å². The number of fused-ring (bicyclic) bond motifs is 1. The van der Waals surface area contributed by atoms with Gasteiger partial charge in [-0.05, 0) is 63.5 Å². The lowest BCUT2D eigenvalue weighted by Crippen LogP contribution is -2.51. The first kappa shape index (κ1) is 18.0. The third kappa shape index (κ3) is 4.23. The monoisotopic (exact) mass is 342 g/mol. The number of carbonyl (C=O) groups excluding carboxylic acids is 2. The van der Waals surface area contributed by atoms with Gasteiger partial charge in [0, 0.05) is 25.0 Å². The smallest absolute Gasteiger partial charge is 0.225 e. The van der Waals surface area contributed by atoms with Gasteiger partial charge in [-0.3, -0.25) is 9.59 Å². The number of nitrogens with zero attached hydrogens (tertiary/aromatic N) is 1. The van der Waals surface area contributed by atoms with Crippen LogP contribution in [0.5, 0.6) is 0 Å². The molecule has 2 aliphatic rings. The summed E-state index contributed by atoms with van der Waals surface area (Å²) >= 11 is 0. The molecule has 136 valence electrons. The molecule has 25 heavy (non-hydrogen) atoms. The minimum Gasteiger partial charge on any atom is -0.351 e. The van der Waals surface area contributed by atoms with Crippen molar-refractivity contribution in [1.82, 2.24) is 10.2 Å². The van der Waals surface area contributed by atoms with Crippen molar-refractivity contribution in [2.45, 2.75) is 58.4 Å². The number of benzene rings is 1. The van der Waals surface area contributed by atoms with E-state index in [9.17, 15) is 9.59 Å². The first-order valence-corrected chi connectivity index (χ1v) is 9.54. The molecule has 1 N–H and O–H groups in total. The van der Waals surface area contributed by atoms with Crippen LogP contribution >= 0.6 is 0 Å². The van der Waals surface area contributed by atoms with Crippen LogP contribution in [0.1, 0.15) is 51.2 Å². The highest BCUT2D eigenvalue weighted by molar-refractivity contribution is 5.84. The largest absolute Gasteiger partial charge is 0.351 e. The van der Waals surface area contributed by atoms with Gasteiger partial charge in [-0.1, -0.05) is 24.3 Å². The number of hydrogen-bond acceptors (Lipinski definition) is 2. The molecule has 0 radical (unpaired) electrons. The van der Waals surface area contributed by atoms with Gasteiger partial charge in [-0.15, -0.1) is 0 Å². The zero-order chi connectivity index (χ0) is 18.0. The quantitative estimate of drug-likeness (QED) is 0.894. The maximum atomic E-state index is 12.7. The van der Waals surface area contributed by atoms with E-state index in [1.807, 2.05) is 6.92 Å². The SMILES string of the molecule is CCN1C[C@H](C(=O)NC(C)(C)CC2Cc3ccccc3C2)CCC1=O. The molecule has 1 aromatic rings. The summed E-state index contributed by atoms with van der Waals surface area (Å²) in [7, 11) is 0. The maximum Gasteiger partial charge on any atom is 0.225 e. The Labute approximate surface area is 151 Å². The molecule has 0 bridgehead atoms. The van der Waals surface area contributed by atoms with Crippen molar-refractivity contribution in [2.75, 3.05) is 13.1 Å². The first-order chi connectivity index (χ1) is 11.9. The summed E-state index contributed by atoms with van der Waals surface area (Å²) in [6.07, 6.45) is 4.36. The number of piperidine rings is 1. The molecule has 0 spiro atoms. The molecule has 0 unspecified atom stereocenters. The molecule has 4 nitrogen and oxygen atoms in total. The van der Waals surface area contributed by atoms with Crippen LogP contribution in [0.25, 0.3) is 0 Å². The zero-order valence-electron chi connectivity index (χ0n) is 15.7. The summed E-state index contributed by atoms with van der Waals surface area (Å²) in [5, 5.41) is 3.26. The van der Waals surface area contributed by atoms with E-state index in [4.69, 9.17) is 0 Å². The number of carbonyl (C=O) groups is 2. The van der Waals surface area contributed by atoms with E-state index in [0.717, 1.165) is 19.3 Å². The van der Waals surface area contributed by atoms with Crippen molar-refractivity contribution in [3.63, 3.8) is 0 Å². The zero-order valence-corrected chi connectivity index (χ0v) is 15.7. The molecule has 1 heterocycles. The second-order valence-corrected chi connectivity index (χ2v) is 8.29. The lowest BCUT2D eigenvalue weighted by Gasteiger charge is -2.35. The van der Waals surface area contributed by atoms with Gasteiger partial charge in [0.25, 0.3) is 0 Å². The van der Waals surface area contributed by atoms with Crippen LogP contribution in [0.15, 0.2) is 24.3 Å². The summed E-state index contributed by atoms with van der Waals surface area (Å²) in [4.78, 5) is 26.3. The molecule has 1 saturated heterocycles. The number of amides is 2. The lowest BCUT2D eigenvalue weighted by molar-refractivity contribution is -0.138. The summed E-state index contributed by atoms with van der Waals surface area (Å²) in [6, 6.07) is 8.66. The third-order valence-electron chi connectivity index (χ3n) is 5.65.